The van der Waals surface area contributed by atoms with Crippen molar-refractivity contribution in [2.45, 2.75) is 13.5 Å². The second-order valence-electron chi connectivity index (χ2n) is 5.82. The van der Waals surface area contributed by atoms with E-state index in [4.69, 9.17) is 0 Å². The molecule has 23 heavy (non-hydrogen) atoms. The number of hydrogen-bond donors (Lipinski definition) is 0. The number of benzene rings is 3. The van der Waals surface area contributed by atoms with Crippen molar-refractivity contribution < 1.29 is 0 Å². The van der Waals surface area contributed by atoms with E-state index >= 15 is 0 Å². The van der Waals surface area contributed by atoms with E-state index in [1.54, 1.807) is 0 Å². The highest BCUT2D eigenvalue weighted by Crippen LogP contribution is 2.32. The predicted octanol–water partition coefficient (Wildman–Crippen LogP) is 6.12. The van der Waals surface area contributed by atoms with Crippen molar-refractivity contribution >= 4 is 27.9 Å². The summed E-state index contributed by atoms with van der Waals surface area (Å²) < 4.78 is 2.38. The van der Waals surface area contributed by atoms with Gasteiger partial charge in [0.1, 0.15) is 0 Å². The van der Waals surface area contributed by atoms with Crippen LogP contribution < -0.4 is 0 Å². The fourth-order valence-electron chi connectivity index (χ4n) is 3.39. The first-order valence-corrected chi connectivity index (χ1v) is 8.05. The molecule has 0 saturated heterocycles. The van der Waals surface area contributed by atoms with Crippen LogP contribution in [0.2, 0.25) is 0 Å². The summed E-state index contributed by atoms with van der Waals surface area (Å²) in [6, 6.07) is 24.0. The van der Waals surface area contributed by atoms with E-state index in [-0.39, 0.29) is 0 Å². The molecule has 1 nitrogen and oxygen atoms in total. The fraction of sp³-hybridized carbons (Fsp3) is 0.0909. The molecular weight excluding hydrogens is 278 g/mol. The Morgan fingerprint density at radius 1 is 0.826 bits per heavy atom. The summed E-state index contributed by atoms with van der Waals surface area (Å²) in [4.78, 5) is 0. The molecule has 1 aromatic heterocycles. The van der Waals surface area contributed by atoms with Gasteiger partial charge in [0, 0.05) is 28.4 Å². The van der Waals surface area contributed by atoms with E-state index in [0.717, 1.165) is 12.1 Å². The van der Waals surface area contributed by atoms with E-state index in [1.807, 2.05) is 6.08 Å². The van der Waals surface area contributed by atoms with Crippen LogP contribution in [0.1, 0.15) is 12.5 Å². The van der Waals surface area contributed by atoms with Crippen LogP contribution in [0.4, 0.5) is 0 Å². The molecule has 1 heteroatoms. The van der Waals surface area contributed by atoms with Crippen LogP contribution in [0, 0.1) is 0 Å². The van der Waals surface area contributed by atoms with Gasteiger partial charge >= 0.3 is 0 Å². The topological polar surface area (TPSA) is 4.93 Å². The minimum Gasteiger partial charge on any atom is -0.341 e. The molecule has 0 radical (unpaired) electrons. The Morgan fingerprint density at radius 2 is 1.52 bits per heavy atom. The minimum absolute atomic E-state index is 0.984. The molecular formula is C22H19N. The Balaban J connectivity index is 1.96. The summed E-state index contributed by atoms with van der Waals surface area (Å²) in [5, 5.41) is 2.65. The zero-order valence-electron chi connectivity index (χ0n) is 13.3. The molecule has 112 valence electrons. The lowest BCUT2D eigenvalue weighted by atomic mass is 10.0. The highest BCUT2D eigenvalue weighted by molar-refractivity contribution is 6.09. The SMILES string of the molecule is C=Cc1ccc(-c2ccc3c(c2)c2ccccc2n3CC)cc1. The maximum absolute atomic E-state index is 3.82. The van der Waals surface area contributed by atoms with Crippen molar-refractivity contribution in [2.24, 2.45) is 0 Å². The second-order valence-corrected chi connectivity index (χ2v) is 5.82. The first-order chi connectivity index (χ1) is 11.3. The zero-order chi connectivity index (χ0) is 15.8. The number of nitrogens with zero attached hydrogens (tertiary/aromatic N) is 1. The Kier molecular flexibility index (Phi) is 3.27. The number of hydrogen-bond acceptors (Lipinski definition) is 0. The number of fused-ring (bicyclic) bond motifs is 3. The van der Waals surface area contributed by atoms with Crippen molar-refractivity contribution in [2.75, 3.05) is 0 Å². The number of para-hydroxylation sites is 1. The van der Waals surface area contributed by atoms with Crippen LogP contribution in [0.25, 0.3) is 39.0 Å². The molecule has 4 rings (SSSR count). The van der Waals surface area contributed by atoms with Gasteiger partial charge in [-0.1, -0.05) is 61.2 Å². The van der Waals surface area contributed by atoms with E-state index in [1.165, 1.54) is 32.9 Å². The molecule has 0 N–H and O–H groups in total. The Hall–Kier alpha value is -2.80. The first-order valence-electron chi connectivity index (χ1n) is 8.05. The van der Waals surface area contributed by atoms with Crippen molar-refractivity contribution in [3.05, 3.63) is 78.9 Å². The van der Waals surface area contributed by atoms with Gasteiger partial charge < -0.3 is 4.57 Å². The number of aryl methyl sites for hydroxylation is 1. The molecule has 0 aliphatic heterocycles. The standard InChI is InChI=1S/C22H19N/c1-3-16-9-11-17(12-10-16)18-13-14-22-20(15-18)19-7-5-6-8-21(19)23(22)4-2/h3,5-15H,1,4H2,2H3. The molecule has 0 saturated carbocycles. The predicted molar refractivity (Wildman–Crippen MR) is 101 cm³/mol. The number of rotatable bonds is 3. The lowest BCUT2D eigenvalue weighted by Gasteiger charge is -2.05. The van der Waals surface area contributed by atoms with E-state index in [2.05, 4.69) is 84.8 Å². The van der Waals surface area contributed by atoms with Gasteiger partial charge in [0.2, 0.25) is 0 Å². The quantitative estimate of drug-likeness (QED) is 0.429. The number of aromatic nitrogens is 1. The van der Waals surface area contributed by atoms with Crippen LogP contribution in [-0.4, -0.2) is 4.57 Å². The summed E-state index contributed by atoms with van der Waals surface area (Å²) in [5.41, 5.74) is 6.26. The molecule has 0 bridgehead atoms. The van der Waals surface area contributed by atoms with Crippen LogP contribution in [-0.2, 0) is 6.54 Å². The summed E-state index contributed by atoms with van der Waals surface area (Å²) in [7, 11) is 0. The smallest absolute Gasteiger partial charge is 0.0491 e. The average Bonchev–Trinajstić information content (AvgIpc) is 2.95. The van der Waals surface area contributed by atoms with Gasteiger partial charge in [-0.05, 0) is 41.8 Å². The van der Waals surface area contributed by atoms with Crippen molar-refractivity contribution in [3.63, 3.8) is 0 Å². The Bertz CT molecular complexity index is 1000. The summed E-state index contributed by atoms with van der Waals surface area (Å²) in [6.07, 6.45) is 1.88. The summed E-state index contributed by atoms with van der Waals surface area (Å²) >= 11 is 0. The third-order valence-electron chi connectivity index (χ3n) is 4.57. The maximum Gasteiger partial charge on any atom is 0.0491 e. The fourth-order valence-corrected chi connectivity index (χ4v) is 3.39. The molecule has 1 heterocycles. The van der Waals surface area contributed by atoms with Crippen LogP contribution >= 0.6 is 0 Å². The molecule has 3 aromatic carbocycles. The minimum atomic E-state index is 0.984. The average molecular weight is 297 g/mol. The largest absolute Gasteiger partial charge is 0.341 e. The third kappa shape index (κ3) is 2.17. The lowest BCUT2D eigenvalue weighted by molar-refractivity contribution is 0.827. The normalized spacial score (nSPS) is 11.2. The second kappa shape index (κ2) is 5.44. The Morgan fingerprint density at radius 3 is 2.26 bits per heavy atom. The lowest BCUT2D eigenvalue weighted by Crippen LogP contribution is -1.92. The summed E-state index contributed by atoms with van der Waals surface area (Å²) in [5.74, 6) is 0. The van der Waals surface area contributed by atoms with Crippen LogP contribution in [0.3, 0.4) is 0 Å². The van der Waals surface area contributed by atoms with Crippen molar-refractivity contribution in [3.8, 4) is 11.1 Å². The third-order valence-corrected chi connectivity index (χ3v) is 4.57. The van der Waals surface area contributed by atoms with E-state index in [9.17, 15) is 0 Å². The molecule has 4 aromatic rings. The molecule has 0 unspecified atom stereocenters. The first kappa shape index (κ1) is 13.8. The zero-order valence-corrected chi connectivity index (χ0v) is 13.3. The molecule has 0 aliphatic carbocycles. The van der Waals surface area contributed by atoms with Crippen LogP contribution in [0.5, 0.6) is 0 Å². The summed E-state index contributed by atoms with van der Waals surface area (Å²) in [6.45, 7) is 7.00. The molecule has 0 fully saturated rings. The molecule has 0 amide bonds. The van der Waals surface area contributed by atoms with Crippen molar-refractivity contribution in [1.29, 1.82) is 0 Å². The van der Waals surface area contributed by atoms with Crippen LogP contribution in [0.15, 0.2) is 73.3 Å². The van der Waals surface area contributed by atoms with Crippen molar-refractivity contribution in [1.82, 2.24) is 4.57 Å². The molecule has 0 atom stereocenters. The van der Waals surface area contributed by atoms with Gasteiger partial charge in [-0.2, -0.15) is 0 Å². The highest BCUT2D eigenvalue weighted by Gasteiger charge is 2.10. The van der Waals surface area contributed by atoms with Gasteiger partial charge in [0.05, 0.1) is 0 Å². The maximum atomic E-state index is 3.82. The Labute approximate surface area is 136 Å². The molecule has 0 aliphatic rings. The van der Waals surface area contributed by atoms with E-state index in [0.29, 0.717) is 0 Å². The van der Waals surface area contributed by atoms with Gasteiger partial charge in [-0.3, -0.25) is 0 Å². The van der Waals surface area contributed by atoms with Gasteiger partial charge in [-0.15, -0.1) is 0 Å². The highest BCUT2D eigenvalue weighted by atomic mass is 15.0. The van der Waals surface area contributed by atoms with Gasteiger partial charge in [0.15, 0.2) is 0 Å². The monoisotopic (exact) mass is 297 g/mol. The van der Waals surface area contributed by atoms with Gasteiger partial charge in [0.25, 0.3) is 0 Å². The molecule has 0 spiro atoms. The van der Waals surface area contributed by atoms with Gasteiger partial charge in [-0.25, -0.2) is 0 Å². The van der Waals surface area contributed by atoms with E-state index < -0.39 is 0 Å².